The Bertz CT molecular complexity index is 1170. The molecular weight excluding hydrogens is 466 g/mol. The van der Waals surface area contributed by atoms with Gasteiger partial charge in [-0.1, -0.05) is 12.1 Å². The molecule has 0 bridgehead atoms. The first kappa shape index (κ1) is 25.6. The van der Waals surface area contributed by atoms with Crippen LogP contribution >= 0.6 is 0 Å². The second-order valence-electron chi connectivity index (χ2n) is 8.95. The fourth-order valence-electron chi connectivity index (χ4n) is 4.56. The van der Waals surface area contributed by atoms with Crippen molar-refractivity contribution in [2.24, 2.45) is 11.7 Å². The third-order valence-electron chi connectivity index (χ3n) is 6.51. The SMILES string of the molecule is NCCCCOc1ccc(C2C(CCC(O)c3ccc(F)cc3)C(=O)N2c2ccc(F)cc2)c(O)c1. The second-order valence-corrected chi connectivity index (χ2v) is 8.95. The van der Waals surface area contributed by atoms with Crippen LogP contribution in [-0.4, -0.2) is 29.3 Å². The number of aromatic hydroxyl groups is 1. The molecule has 1 aliphatic rings. The van der Waals surface area contributed by atoms with Crippen LogP contribution in [0.1, 0.15) is 49.0 Å². The number of aliphatic hydroxyl groups excluding tert-OH is 1. The lowest BCUT2D eigenvalue weighted by molar-refractivity contribution is -0.131. The molecule has 1 heterocycles. The van der Waals surface area contributed by atoms with Gasteiger partial charge < -0.3 is 25.6 Å². The predicted molar refractivity (Wildman–Crippen MR) is 133 cm³/mol. The van der Waals surface area contributed by atoms with Crippen molar-refractivity contribution >= 4 is 11.6 Å². The van der Waals surface area contributed by atoms with E-state index in [1.54, 1.807) is 12.1 Å². The van der Waals surface area contributed by atoms with Crippen LogP contribution in [0.3, 0.4) is 0 Å². The molecule has 4 rings (SSSR count). The summed E-state index contributed by atoms with van der Waals surface area (Å²) >= 11 is 0. The quantitative estimate of drug-likeness (QED) is 0.256. The molecule has 3 atom stereocenters. The van der Waals surface area contributed by atoms with Gasteiger partial charge >= 0.3 is 0 Å². The Morgan fingerprint density at radius 1 is 0.972 bits per heavy atom. The van der Waals surface area contributed by atoms with E-state index < -0.39 is 29.7 Å². The molecule has 3 aromatic rings. The summed E-state index contributed by atoms with van der Waals surface area (Å²) in [5.41, 5.74) is 7.12. The van der Waals surface area contributed by atoms with E-state index >= 15 is 0 Å². The van der Waals surface area contributed by atoms with Crippen LogP contribution in [-0.2, 0) is 4.79 Å². The van der Waals surface area contributed by atoms with Crippen molar-refractivity contribution in [3.05, 3.63) is 89.5 Å². The zero-order valence-corrected chi connectivity index (χ0v) is 19.8. The number of halogens is 2. The van der Waals surface area contributed by atoms with Crippen molar-refractivity contribution in [3.8, 4) is 11.5 Å². The van der Waals surface area contributed by atoms with Gasteiger partial charge in [0.1, 0.15) is 23.1 Å². The average molecular weight is 497 g/mol. The Kier molecular flexibility index (Phi) is 8.18. The van der Waals surface area contributed by atoms with E-state index in [1.807, 2.05) is 0 Å². The summed E-state index contributed by atoms with van der Waals surface area (Å²) in [6.07, 6.45) is 1.39. The lowest BCUT2D eigenvalue weighted by Crippen LogP contribution is -2.55. The summed E-state index contributed by atoms with van der Waals surface area (Å²) in [6.45, 7) is 1.06. The number of nitrogens with zero attached hydrogens (tertiary/aromatic N) is 1. The standard InChI is InChI=1S/C28H30F2N2O4/c29-19-5-3-18(4-6-19)25(33)14-13-24-27(32(28(24)35)21-9-7-20(30)8-10-21)23-12-11-22(17-26(23)34)36-16-2-1-15-31/h3-12,17,24-25,27,33-34H,1-2,13-16,31H2. The number of hydrogen-bond acceptors (Lipinski definition) is 5. The van der Waals surface area contributed by atoms with Gasteiger partial charge in [0.05, 0.1) is 24.7 Å². The van der Waals surface area contributed by atoms with Crippen LogP contribution in [0.5, 0.6) is 11.5 Å². The molecule has 0 saturated carbocycles. The number of phenolic OH excluding ortho intramolecular Hbond substituents is 1. The molecule has 1 fully saturated rings. The fourth-order valence-corrected chi connectivity index (χ4v) is 4.56. The molecule has 1 amide bonds. The number of carbonyl (C=O) groups excluding carboxylic acids is 1. The van der Waals surface area contributed by atoms with Gasteiger partial charge in [0.25, 0.3) is 0 Å². The molecule has 3 unspecified atom stereocenters. The molecule has 1 aliphatic heterocycles. The maximum atomic E-state index is 13.5. The normalized spacial score (nSPS) is 18.1. The average Bonchev–Trinajstić information content (AvgIpc) is 2.87. The minimum atomic E-state index is -0.864. The summed E-state index contributed by atoms with van der Waals surface area (Å²) in [5, 5.41) is 21.4. The zero-order chi connectivity index (χ0) is 25.7. The number of amides is 1. The molecule has 0 aromatic heterocycles. The highest BCUT2D eigenvalue weighted by atomic mass is 19.1. The maximum Gasteiger partial charge on any atom is 0.233 e. The smallest absolute Gasteiger partial charge is 0.233 e. The zero-order valence-electron chi connectivity index (χ0n) is 19.8. The van der Waals surface area contributed by atoms with Gasteiger partial charge in [-0.05, 0) is 86.3 Å². The highest BCUT2D eigenvalue weighted by Crippen LogP contribution is 2.49. The summed E-state index contributed by atoms with van der Waals surface area (Å²) in [6, 6.07) is 15.7. The van der Waals surface area contributed by atoms with Crippen LogP contribution in [0.15, 0.2) is 66.7 Å². The number of unbranched alkanes of at least 4 members (excludes halogenated alkanes) is 1. The molecule has 1 saturated heterocycles. The number of ether oxygens (including phenoxy) is 1. The predicted octanol–water partition coefficient (Wildman–Crippen LogP) is 5.01. The third kappa shape index (κ3) is 5.66. The first-order chi connectivity index (χ1) is 17.4. The van der Waals surface area contributed by atoms with Gasteiger partial charge in [-0.2, -0.15) is 0 Å². The lowest BCUT2D eigenvalue weighted by Gasteiger charge is -2.48. The minimum absolute atomic E-state index is 0.0139. The minimum Gasteiger partial charge on any atom is -0.507 e. The number of β-lactam (4-membered cyclic amide) rings is 1. The van der Waals surface area contributed by atoms with Crippen LogP contribution in [0.4, 0.5) is 14.5 Å². The molecule has 36 heavy (non-hydrogen) atoms. The number of carbonyl (C=O) groups is 1. The van der Waals surface area contributed by atoms with Gasteiger partial charge in [-0.25, -0.2) is 8.78 Å². The summed E-state index contributed by atoms with van der Waals surface area (Å²) < 4.78 is 32.4. The Labute approximate surface area is 208 Å². The van der Waals surface area contributed by atoms with Crippen molar-refractivity contribution in [3.63, 3.8) is 0 Å². The van der Waals surface area contributed by atoms with Crippen LogP contribution in [0.2, 0.25) is 0 Å². The molecule has 190 valence electrons. The molecule has 0 radical (unpaired) electrons. The number of hydrogen-bond donors (Lipinski definition) is 3. The number of anilines is 1. The summed E-state index contributed by atoms with van der Waals surface area (Å²) in [4.78, 5) is 14.7. The molecule has 0 aliphatic carbocycles. The summed E-state index contributed by atoms with van der Waals surface area (Å²) in [5.74, 6) is -0.999. The Hall–Kier alpha value is -3.49. The Morgan fingerprint density at radius 3 is 2.28 bits per heavy atom. The van der Waals surface area contributed by atoms with Gasteiger partial charge in [0.2, 0.25) is 5.91 Å². The molecule has 8 heteroatoms. The van der Waals surface area contributed by atoms with Crippen molar-refractivity contribution in [1.29, 1.82) is 0 Å². The maximum absolute atomic E-state index is 13.5. The highest BCUT2D eigenvalue weighted by molar-refractivity contribution is 6.03. The van der Waals surface area contributed by atoms with E-state index in [2.05, 4.69) is 0 Å². The Morgan fingerprint density at radius 2 is 1.64 bits per heavy atom. The van der Waals surface area contributed by atoms with Gasteiger partial charge in [-0.3, -0.25) is 4.79 Å². The number of nitrogens with two attached hydrogens (primary N) is 1. The van der Waals surface area contributed by atoms with Crippen LogP contribution < -0.4 is 15.4 Å². The van der Waals surface area contributed by atoms with Crippen molar-refractivity contribution in [2.45, 2.75) is 37.8 Å². The van der Waals surface area contributed by atoms with Gasteiger partial charge in [0.15, 0.2) is 0 Å². The van der Waals surface area contributed by atoms with Crippen molar-refractivity contribution in [1.82, 2.24) is 0 Å². The van der Waals surface area contributed by atoms with Crippen LogP contribution in [0.25, 0.3) is 0 Å². The van der Waals surface area contributed by atoms with E-state index in [0.717, 1.165) is 12.8 Å². The highest BCUT2D eigenvalue weighted by Gasteiger charge is 2.49. The lowest BCUT2D eigenvalue weighted by atomic mass is 9.78. The van der Waals surface area contributed by atoms with E-state index in [4.69, 9.17) is 10.5 Å². The van der Waals surface area contributed by atoms with Crippen LogP contribution in [0, 0.1) is 17.6 Å². The summed E-state index contributed by atoms with van der Waals surface area (Å²) in [7, 11) is 0. The first-order valence-corrected chi connectivity index (χ1v) is 12.1. The monoisotopic (exact) mass is 496 g/mol. The molecule has 0 spiro atoms. The number of aliphatic hydroxyl groups is 1. The molecular formula is C28H30F2N2O4. The van der Waals surface area contributed by atoms with E-state index in [9.17, 15) is 23.8 Å². The Balaban J connectivity index is 1.54. The molecule has 6 nitrogen and oxygen atoms in total. The van der Waals surface area contributed by atoms with E-state index in [-0.39, 0.29) is 18.1 Å². The van der Waals surface area contributed by atoms with Gasteiger partial charge in [-0.15, -0.1) is 0 Å². The fraction of sp³-hybridized carbons (Fsp3) is 0.321. The third-order valence-corrected chi connectivity index (χ3v) is 6.51. The van der Waals surface area contributed by atoms with Crippen molar-refractivity contribution in [2.75, 3.05) is 18.1 Å². The van der Waals surface area contributed by atoms with Crippen molar-refractivity contribution < 1.29 is 28.5 Å². The number of phenols is 1. The topological polar surface area (TPSA) is 96.0 Å². The second kappa shape index (κ2) is 11.5. The number of rotatable bonds is 11. The molecule has 3 aromatic carbocycles. The van der Waals surface area contributed by atoms with Gasteiger partial charge in [0, 0.05) is 17.3 Å². The number of benzene rings is 3. The van der Waals surface area contributed by atoms with E-state index in [0.29, 0.717) is 42.1 Å². The molecule has 4 N–H and O–H groups in total. The van der Waals surface area contributed by atoms with E-state index in [1.165, 1.54) is 59.5 Å². The first-order valence-electron chi connectivity index (χ1n) is 12.1. The largest absolute Gasteiger partial charge is 0.507 e.